The van der Waals surface area contributed by atoms with E-state index in [0.29, 0.717) is 25.1 Å². The Labute approximate surface area is 165 Å². The number of nitrogens with one attached hydrogen (secondary N) is 1. The first-order chi connectivity index (χ1) is 13.2. The average molecular weight is 387 g/mol. The van der Waals surface area contributed by atoms with E-state index < -0.39 is 17.6 Å². The fourth-order valence-corrected chi connectivity index (χ4v) is 2.65. The molecule has 0 radical (unpaired) electrons. The molecule has 2 aromatic heterocycles. The highest BCUT2D eigenvalue weighted by atomic mass is 16.6. The van der Waals surface area contributed by atoms with Gasteiger partial charge in [-0.25, -0.2) is 9.69 Å². The maximum Gasteiger partial charge on any atom is 0.417 e. The van der Waals surface area contributed by atoms with Crippen molar-refractivity contribution < 1.29 is 14.3 Å². The Balaban J connectivity index is 1.94. The summed E-state index contributed by atoms with van der Waals surface area (Å²) in [4.78, 5) is 30.4. The molecule has 0 fully saturated rings. The summed E-state index contributed by atoms with van der Waals surface area (Å²) in [6.45, 7) is 8.83. The first-order valence-corrected chi connectivity index (χ1v) is 9.32. The van der Waals surface area contributed by atoms with Gasteiger partial charge in [0, 0.05) is 32.5 Å². The van der Waals surface area contributed by atoms with Crippen LogP contribution in [0.2, 0.25) is 0 Å². The zero-order chi connectivity index (χ0) is 20.7. The summed E-state index contributed by atoms with van der Waals surface area (Å²) in [7, 11) is 1.90. The van der Waals surface area contributed by atoms with Gasteiger partial charge in [-0.15, -0.1) is 0 Å². The number of nitrogens with zero attached hydrogens (tertiary/aromatic N) is 4. The maximum absolute atomic E-state index is 12.8. The summed E-state index contributed by atoms with van der Waals surface area (Å²) in [6, 6.07) is 5.32. The third-order valence-corrected chi connectivity index (χ3v) is 3.91. The fourth-order valence-electron chi connectivity index (χ4n) is 2.65. The molecule has 8 nitrogen and oxygen atoms in total. The number of amides is 2. The van der Waals surface area contributed by atoms with Crippen LogP contribution >= 0.6 is 0 Å². The number of pyridine rings is 1. The van der Waals surface area contributed by atoms with E-state index in [9.17, 15) is 9.59 Å². The molecule has 0 saturated carbocycles. The van der Waals surface area contributed by atoms with Crippen LogP contribution < -0.4 is 5.32 Å². The molecule has 0 bridgehead atoms. The fraction of sp³-hybridized carbons (Fsp3) is 0.500. The van der Waals surface area contributed by atoms with Gasteiger partial charge in [-0.2, -0.15) is 5.10 Å². The van der Waals surface area contributed by atoms with Crippen molar-refractivity contribution in [2.75, 3.05) is 13.1 Å². The summed E-state index contributed by atoms with van der Waals surface area (Å²) < 4.78 is 7.24. The van der Waals surface area contributed by atoms with Crippen molar-refractivity contribution >= 4 is 12.0 Å². The van der Waals surface area contributed by atoms with Crippen molar-refractivity contribution in [1.82, 2.24) is 25.0 Å². The first kappa shape index (κ1) is 21.6. The lowest BCUT2D eigenvalue weighted by molar-refractivity contribution is 0.0239. The minimum Gasteiger partial charge on any atom is -0.443 e. The van der Waals surface area contributed by atoms with Crippen LogP contribution in [0.15, 0.2) is 30.6 Å². The number of rotatable bonds is 7. The van der Waals surface area contributed by atoms with E-state index in [2.05, 4.69) is 15.4 Å². The Hall–Kier alpha value is -2.74. The van der Waals surface area contributed by atoms with Crippen molar-refractivity contribution in [3.63, 3.8) is 0 Å². The van der Waals surface area contributed by atoms with Gasteiger partial charge in [0.1, 0.15) is 5.60 Å². The van der Waals surface area contributed by atoms with Gasteiger partial charge in [0.2, 0.25) is 0 Å². The van der Waals surface area contributed by atoms with Gasteiger partial charge in [0.25, 0.3) is 5.91 Å². The lowest BCUT2D eigenvalue weighted by Crippen LogP contribution is -2.42. The highest BCUT2D eigenvalue weighted by molar-refractivity contribution is 6.02. The predicted molar refractivity (Wildman–Crippen MR) is 106 cm³/mol. The molecule has 2 heterocycles. The molecule has 2 aromatic rings. The number of aryl methyl sites for hydroxylation is 2. The number of carbonyl (C=O) groups excluding carboxylic acids is 2. The second kappa shape index (κ2) is 9.45. The molecule has 1 N–H and O–H groups in total. The lowest BCUT2D eigenvalue weighted by Gasteiger charge is -2.26. The molecule has 0 unspecified atom stereocenters. The Kier molecular flexibility index (Phi) is 7.28. The quantitative estimate of drug-likeness (QED) is 0.735. The average Bonchev–Trinajstić information content (AvgIpc) is 2.94. The van der Waals surface area contributed by atoms with E-state index in [4.69, 9.17) is 4.74 Å². The number of hydrogen-bond donors (Lipinski definition) is 1. The van der Waals surface area contributed by atoms with E-state index in [1.165, 1.54) is 6.20 Å². The van der Waals surface area contributed by atoms with Gasteiger partial charge < -0.3 is 10.1 Å². The summed E-state index contributed by atoms with van der Waals surface area (Å²) in [5.74, 6) is -0.412. The maximum atomic E-state index is 12.8. The third-order valence-electron chi connectivity index (χ3n) is 3.91. The van der Waals surface area contributed by atoms with Gasteiger partial charge in [0.05, 0.1) is 17.0 Å². The molecule has 0 aliphatic heterocycles. The van der Waals surface area contributed by atoms with E-state index in [-0.39, 0.29) is 6.54 Å². The third kappa shape index (κ3) is 6.45. The monoisotopic (exact) mass is 387 g/mol. The van der Waals surface area contributed by atoms with Gasteiger partial charge in [-0.1, -0.05) is 0 Å². The molecule has 28 heavy (non-hydrogen) atoms. The number of carbonyl (C=O) groups is 2. The summed E-state index contributed by atoms with van der Waals surface area (Å²) >= 11 is 0. The Morgan fingerprint density at radius 2 is 2.07 bits per heavy atom. The Bertz CT molecular complexity index is 796. The Morgan fingerprint density at radius 1 is 1.32 bits per heavy atom. The molecule has 0 spiro atoms. The van der Waals surface area contributed by atoms with E-state index in [1.54, 1.807) is 39.1 Å². The topological polar surface area (TPSA) is 89.4 Å². The zero-order valence-corrected chi connectivity index (χ0v) is 17.2. The summed E-state index contributed by atoms with van der Waals surface area (Å²) in [5.41, 5.74) is 1.72. The van der Waals surface area contributed by atoms with Gasteiger partial charge in [-0.05, 0) is 58.9 Å². The lowest BCUT2D eigenvalue weighted by atomic mass is 10.2. The first-order valence-electron chi connectivity index (χ1n) is 9.32. The van der Waals surface area contributed by atoms with Crippen LogP contribution in [0.25, 0.3) is 0 Å². The minimum absolute atomic E-state index is 0.250. The van der Waals surface area contributed by atoms with E-state index >= 15 is 0 Å². The summed E-state index contributed by atoms with van der Waals surface area (Å²) in [5, 5.41) is 7.62. The van der Waals surface area contributed by atoms with Crippen LogP contribution in [0.1, 0.15) is 48.9 Å². The van der Waals surface area contributed by atoms with Crippen molar-refractivity contribution in [1.29, 1.82) is 0 Å². The largest absolute Gasteiger partial charge is 0.443 e. The number of hydrogen-bond acceptors (Lipinski definition) is 6. The SMILES string of the molecule is Cc1cc(CNCCCN(C(=O)OC(C)(C)C)C(=O)c2cccnc2)n(C)n1. The van der Waals surface area contributed by atoms with Gasteiger partial charge in [-0.3, -0.25) is 14.5 Å². The van der Waals surface area contributed by atoms with Crippen molar-refractivity contribution in [2.45, 2.75) is 46.3 Å². The van der Waals surface area contributed by atoms with E-state index in [0.717, 1.165) is 16.3 Å². The molecule has 0 aliphatic carbocycles. The number of ether oxygens (including phenoxy) is 1. The molecule has 2 rings (SSSR count). The summed E-state index contributed by atoms with van der Waals surface area (Å²) in [6.07, 6.45) is 2.98. The molecule has 0 aromatic carbocycles. The van der Waals surface area contributed by atoms with Crippen LogP contribution in [0.5, 0.6) is 0 Å². The van der Waals surface area contributed by atoms with Crippen LogP contribution in [0.4, 0.5) is 4.79 Å². The second-order valence-corrected chi connectivity index (χ2v) is 7.61. The highest BCUT2D eigenvalue weighted by Gasteiger charge is 2.27. The standard InChI is InChI=1S/C20H29N5O3/c1-15-12-17(24(5)23-15)14-22-10-7-11-25(19(27)28-20(2,3)4)18(26)16-8-6-9-21-13-16/h6,8-9,12-13,22H,7,10-11,14H2,1-5H3. The molecular weight excluding hydrogens is 358 g/mol. The predicted octanol–water partition coefficient (Wildman–Crippen LogP) is 2.68. The molecule has 0 atom stereocenters. The molecular formula is C20H29N5O3. The van der Waals surface area contributed by atoms with Crippen LogP contribution in [0, 0.1) is 6.92 Å². The van der Waals surface area contributed by atoms with Crippen LogP contribution in [0.3, 0.4) is 0 Å². The molecule has 152 valence electrons. The second-order valence-electron chi connectivity index (χ2n) is 7.61. The molecule has 0 aliphatic rings. The highest BCUT2D eigenvalue weighted by Crippen LogP contribution is 2.13. The van der Waals surface area contributed by atoms with Crippen LogP contribution in [-0.4, -0.2) is 50.4 Å². The van der Waals surface area contributed by atoms with Gasteiger partial charge in [0.15, 0.2) is 0 Å². The smallest absolute Gasteiger partial charge is 0.417 e. The normalized spacial score (nSPS) is 11.3. The molecule has 0 saturated heterocycles. The molecule has 2 amide bonds. The molecule has 8 heteroatoms. The van der Waals surface area contributed by atoms with Crippen molar-refractivity contribution in [3.8, 4) is 0 Å². The van der Waals surface area contributed by atoms with Gasteiger partial charge >= 0.3 is 6.09 Å². The van der Waals surface area contributed by atoms with E-state index in [1.807, 2.05) is 24.7 Å². The zero-order valence-electron chi connectivity index (χ0n) is 17.2. The number of imide groups is 1. The van der Waals surface area contributed by atoms with Crippen molar-refractivity contribution in [3.05, 3.63) is 47.5 Å². The number of aromatic nitrogens is 3. The minimum atomic E-state index is -0.680. The van der Waals surface area contributed by atoms with Crippen LogP contribution in [-0.2, 0) is 18.3 Å². The van der Waals surface area contributed by atoms with Crippen molar-refractivity contribution in [2.24, 2.45) is 7.05 Å². The Morgan fingerprint density at radius 3 is 2.64 bits per heavy atom.